The second kappa shape index (κ2) is 6.18. The SMILES string of the molecule is Cc1cc(C#N)ccc1CN1CC(CN)CCC1C. The Morgan fingerprint density at radius 1 is 1.42 bits per heavy atom. The molecule has 19 heavy (non-hydrogen) atoms. The third-order valence-corrected chi connectivity index (χ3v) is 4.29. The zero-order valence-electron chi connectivity index (χ0n) is 11.9. The second-order valence-electron chi connectivity index (χ2n) is 5.71. The molecule has 1 aliphatic heterocycles. The van der Waals surface area contributed by atoms with Crippen LogP contribution >= 0.6 is 0 Å². The molecular weight excluding hydrogens is 234 g/mol. The Hall–Kier alpha value is -1.37. The lowest BCUT2D eigenvalue weighted by Gasteiger charge is -2.38. The lowest BCUT2D eigenvalue weighted by molar-refractivity contribution is 0.113. The van der Waals surface area contributed by atoms with Crippen LogP contribution in [0.5, 0.6) is 0 Å². The van der Waals surface area contributed by atoms with Gasteiger partial charge >= 0.3 is 0 Å². The third kappa shape index (κ3) is 3.34. The van der Waals surface area contributed by atoms with E-state index in [-0.39, 0.29) is 0 Å². The molecule has 0 amide bonds. The first kappa shape index (κ1) is 14.0. The minimum atomic E-state index is 0.623. The molecule has 1 aliphatic rings. The molecule has 3 nitrogen and oxygen atoms in total. The number of benzene rings is 1. The Bertz CT molecular complexity index is 475. The van der Waals surface area contributed by atoms with Gasteiger partial charge in [0.05, 0.1) is 11.6 Å². The van der Waals surface area contributed by atoms with Crippen LogP contribution in [-0.4, -0.2) is 24.0 Å². The van der Waals surface area contributed by atoms with Gasteiger partial charge in [-0.15, -0.1) is 0 Å². The summed E-state index contributed by atoms with van der Waals surface area (Å²) in [4.78, 5) is 2.52. The van der Waals surface area contributed by atoms with Gasteiger partial charge in [0.15, 0.2) is 0 Å². The standard InChI is InChI=1S/C16H23N3/c1-12-7-14(8-17)5-6-16(12)11-19-10-15(9-18)4-3-13(19)2/h5-7,13,15H,3-4,9-11,18H2,1-2H3. The van der Waals surface area contributed by atoms with Crippen molar-refractivity contribution in [1.82, 2.24) is 4.90 Å². The van der Waals surface area contributed by atoms with Crippen LogP contribution in [0.2, 0.25) is 0 Å². The topological polar surface area (TPSA) is 53.0 Å². The first-order chi connectivity index (χ1) is 9.13. The average molecular weight is 257 g/mol. The summed E-state index contributed by atoms with van der Waals surface area (Å²) in [6.45, 7) is 7.23. The molecule has 0 aromatic heterocycles. The number of hydrogen-bond donors (Lipinski definition) is 1. The van der Waals surface area contributed by atoms with E-state index in [1.165, 1.54) is 24.0 Å². The van der Waals surface area contributed by atoms with E-state index in [4.69, 9.17) is 11.0 Å². The van der Waals surface area contributed by atoms with Crippen molar-refractivity contribution in [2.45, 2.75) is 39.3 Å². The smallest absolute Gasteiger partial charge is 0.0991 e. The largest absolute Gasteiger partial charge is 0.330 e. The molecule has 1 heterocycles. The molecule has 1 aromatic carbocycles. The first-order valence-electron chi connectivity index (χ1n) is 7.07. The highest BCUT2D eigenvalue weighted by Crippen LogP contribution is 2.24. The Kier molecular flexibility index (Phi) is 4.57. The third-order valence-electron chi connectivity index (χ3n) is 4.29. The molecule has 2 rings (SSSR count). The molecule has 0 saturated carbocycles. The number of nitrogens with zero attached hydrogens (tertiary/aromatic N) is 2. The van der Waals surface area contributed by atoms with E-state index in [0.29, 0.717) is 12.0 Å². The zero-order chi connectivity index (χ0) is 13.8. The summed E-state index contributed by atoms with van der Waals surface area (Å²) in [7, 11) is 0. The molecule has 1 aromatic rings. The number of piperidine rings is 1. The van der Waals surface area contributed by atoms with Crippen molar-refractivity contribution in [2.24, 2.45) is 11.7 Å². The van der Waals surface area contributed by atoms with Crippen molar-refractivity contribution in [1.29, 1.82) is 5.26 Å². The van der Waals surface area contributed by atoms with Crippen molar-refractivity contribution >= 4 is 0 Å². The fourth-order valence-electron chi connectivity index (χ4n) is 2.84. The van der Waals surface area contributed by atoms with Crippen molar-refractivity contribution < 1.29 is 0 Å². The summed E-state index contributed by atoms with van der Waals surface area (Å²) < 4.78 is 0. The fraction of sp³-hybridized carbons (Fsp3) is 0.562. The van der Waals surface area contributed by atoms with E-state index in [2.05, 4.69) is 30.9 Å². The molecule has 3 heteroatoms. The summed E-state index contributed by atoms with van der Waals surface area (Å²) in [6, 6.07) is 8.80. The predicted octanol–water partition coefficient (Wildman–Crippen LogP) is 2.43. The number of aryl methyl sites for hydroxylation is 1. The van der Waals surface area contributed by atoms with Crippen LogP contribution in [0.1, 0.15) is 36.5 Å². The van der Waals surface area contributed by atoms with Crippen LogP contribution in [0.3, 0.4) is 0 Å². The summed E-state index contributed by atoms with van der Waals surface area (Å²) in [5.41, 5.74) is 9.08. The fourth-order valence-corrected chi connectivity index (χ4v) is 2.84. The summed E-state index contributed by atoms with van der Waals surface area (Å²) in [6.07, 6.45) is 2.48. The van der Waals surface area contributed by atoms with Crippen molar-refractivity contribution in [3.05, 3.63) is 34.9 Å². The lowest BCUT2D eigenvalue weighted by atomic mass is 9.92. The summed E-state index contributed by atoms with van der Waals surface area (Å²) in [5.74, 6) is 0.634. The normalized spacial score (nSPS) is 24.1. The van der Waals surface area contributed by atoms with E-state index >= 15 is 0 Å². The van der Waals surface area contributed by atoms with E-state index in [1.54, 1.807) is 0 Å². The molecule has 0 aliphatic carbocycles. The quantitative estimate of drug-likeness (QED) is 0.904. The number of rotatable bonds is 3. The van der Waals surface area contributed by atoms with Crippen molar-refractivity contribution in [3.63, 3.8) is 0 Å². The van der Waals surface area contributed by atoms with Gasteiger partial charge in [0.2, 0.25) is 0 Å². The lowest BCUT2D eigenvalue weighted by Crippen LogP contribution is -2.43. The van der Waals surface area contributed by atoms with Gasteiger partial charge in [-0.05, 0) is 62.4 Å². The molecule has 0 spiro atoms. The zero-order valence-corrected chi connectivity index (χ0v) is 11.9. The highest BCUT2D eigenvalue weighted by Gasteiger charge is 2.24. The summed E-state index contributed by atoms with van der Waals surface area (Å²) >= 11 is 0. The average Bonchev–Trinajstić information content (AvgIpc) is 2.43. The van der Waals surface area contributed by atoms with Gasteiger partial charge < -0.3 is 5.73 Å². The van der Waals surface area contributed by atoms with Crippen LogP contribution in [0.25, 0.3) is 0 Å². The van der Waals surface area contributed by atoms with Crippen LogP contribution in [0.15, 0.2) is 18.2 Å². The van der Waals surface area contributed by atoms with Crippen molar-refractivity contribution in [2.75, 3.05) is 13.1 Å². The molecule has 1 saturated heterocycles. The number of nitriles is 1. The van der Waals surface area contributed by atoms with Gasteiger partial charge in [0.1, 0.15) is 0 Å². The summed E-state index contributed by atoms with van der Waals surface area (Å²) in [5, 5.41) is 8.91. The predicted molar refractivity (Wildman–Crippen MR) is 77.5 cm³/mol. The van der Waals surface area contributed by atoms with E-state index in [9.17, 15) is 0 Å². The molecular formula is C16H23N3. The van der Waals surface area contributed by atoms with E-state index in [0.717, 1.165) is 25.2 Å². The van der Waals surface area contributed by atoms with Gasteiger partial charge in [-0.2, -0.15) is 5.26 Å². The maximum Gasteiger partial charge on any atom is 0.0991 e. The van der Waals surface area contributed by atoms with Gasteiger partial charge in [-0.3, -0.25) is 4.90 Å². The van der Waals surface area contributed by atoms with Gasteiger partial charge in [0, 0.05) is 19.1 Å². The monoisotopic (exact) mass is 257 g/mol. The molecule has 1 fully saturated rings. The molecule has 102 valence electrons. The maximum absolute atomic E-state index is 8.91. The van der Waals surface area contributed by atoms with E-state index < -0.39 is 0 Å². The first-order valence-corrected chi connectivity index (χ1v) is 7.07. The molecule has 0 radical (unpaired) electrons. The van der Waals surface area contributed by atoms with E-state index in [1.807, 2.05) is 12.1 Å². The van der Waals surface area contributed by atoms with Crippen LogP contribution < -0.4 is 5.73 Å². The number of nitrogens with two attached hydrogens (primary N) is 1. The Labute approximate surface area is 116 Å². The second-order valence-corrected chi connectivity index (χ2v) is 5.71. The molecule has 2 unspecified atom stereocenters. The van der Waals surface area contributed by atoms with Gasteiger partial charge in [0.25, 0.3) is 0 Å². The number of hydrogen-bond acceptors (Lipinski definition) is 3. The number of likely N-dealkylation sites (tertiary alicyclic amines) is 1. The van der Waals surface area contributed by atoms with Gasteiger partial charge in [-0.25, -0.2) is 0 Å². The maximum atomic E-state index is 8.91. The minimum absolute atomic E-state index is 0.623. The molecule has 2 atom stereocenters. The Balaban J connectivity index is 2.09. The Morgan fingerprint density at radius 2 is 2.21 bits per heavy atom. The highest BCUT2D eigenvalue weighted by atomic mass is 15.2. The van der Waals surface area contributed by atoms with Crippen LogP contribution in [-0.2, 0) is 6.54 Å². The highest BCUT2D eigenvalue weighted by molar-refractivity contribution is 5.37. The molecule has 0 bridgehead atoms. The van der Waals surface area contributed by atoms with Crippen LogP contribution in [0.4, 0.5) is 0 Å². The Morgan fingerprint density at radius 3 is 2.84 bits per heavy atom. The van der Waals surface area contributed by atoms with Crippen LogP contribution in [0, 0.1) is 24.2 Å². The van der Waals surface area contributed by atoms with Crippen molar-refractivity contribution in [3.8, 4) is 6.07 Å². The molecule has 2 N–H and O–H groups in total. The minimum Gasteiger partial charge on any atom is -0.330 e. The van der Waals surface area contributed by atoms with Gasteiger partial charge in [-0.1, -0.05) is 6.07 Å².